The summed E-state index contributed by atoms with van der Waals surface area (Å²) < 4.78 is 13.5. The van der Waals surface area contributed by atoms with Crippen LogP contribution in [-0.2, 0) is 11.2 Å². The number of benzene rings is 1. The molecule has 88 valence electrons. The molecule has 1 rings (SSSR count). The summed E-state index contributed by atoms with van der Waals surface area (Å²) in [6.07, 6.45) is 0.293. The quantitative estimate of drug-likeness (QED) is 0.860. The molecule has 0 fully saturated rings. The van der Waals surface area contributed by atoms with Gasteiger partial charge in [-0.1, -0.05) is 11.6 Å². The van der Waals surface area contributed by atoms with E-state index < -0.39 is 17.2 Å². The summed E-state index contributed by atoms with van der Waals surface area (Å²) >= 11 is 8.71. The standard InChI is InChI=1S/C11H11BrClFO2/c1-11(2,10(15)16)5-6-3-7(12)9(14)8(13)4-6/h3-4H,5H2,1-2H3,(H,15,16). The Kier molecular flexibility index (Phi) is 3.97. The Morgan fingerprint density at radius 3 is 2.56 bits per heavy atom. The first kappa shape index (κ1) is 13.5. The van der Waals surface area contributed by atoms with Gasteiger partial charge in [-0.2, -0.15) is 0 Å². The van der Waals surface area contributed by atoms with Crippen molar-refractivity contribution in [3.8, 4) is 0 Å². The summed E-state index contributed by atoms with van der Waals surface area (Å²) in [5, 5.41) is 8.97. The first-order chi connectivity index (χ1) is 7.24. The number of carbonyl (C=O) groups is 1. The first-order valence-corrected chi connectivity index (χ1v) is 5.78. The van der Waals surface area contributed by atoms with Crippen molar-refractivity contribution in [3.05, 3.63) is 33.0 Å². The smallest absolute Gasteiger partial charge is 0.309 e. The van der Waals surface area contributed by atoms with Crippen LogP contribution in [0.15, 0.2) is 16.6 Å². The van der Waals surface area contributed by atoms with Gasteiger partial charge in [-0.05, 0) is 53.9 Å². The predicted molar refractivity (Wildman–Crippen MR) is 64.2 cm³/mol. The molecule has 1 aromatic carbocycles. The fourth-order valence-electron chi connectivity index (χ4n) is 1.30. The molecule has 0 saturated carbocycles. The Labute approximate surface area is 107 Å². The molecule has 0 amide bonds. The zero-order chi connectivity index (χ0) is 12.5. The summed E-state index contributed by atoms with van der Waals surface area (Å²) in [6, 6.07) is 3.00. The number of rotatable bonds is 3. The first-order valence-electron chi connectivity index (χ1n) is 4.61. The maximum atomic E-state index is 13.2. The van der Waals surface area contributed by atoms with E-state index in [-0.39, 0.29) is 9.50 Å². The van der Waals surface area contributed by atoms with E-state index in [1.165, 1.54) is 6.07 Å². The van der Waals surface area contributed by atoms with Gasteiger partial charge in [-0.25, -0.2) is 4.39 Å². The van der Waals surface area contributed by atoms with E-state index in [1.54, 1.807) is 19.9 Å². The fraction of sp³-hybridized carbons (Fsp3) is 0.364. The highest BCUT2D eigenvalue weighted by Gasteiger charge is 2.27. The van der Waals surface area contributed by atoms with Crippen LogP contribution in [0, 0.1) is 11.2 Å². The predicted octanol–water partition coefficient (Wildman–Crippen LogP) is 3.89. The molecule has 0 radical (unpaired) electrons. The minimum absolute atomic E-state index is 0.00874. The van der Waals surface area contributed by atoms with Gasteiger partial charge in [0.25, 0.3) is 0 Å². The second kappa shape index (κ2) is 4.72. The lowest BCUT2D eigenvalue weighted by Gasteiger charge is -2.19. The van der Waals surface area contributed by atoms with E-state index in [4.69, 9.17) is 16.7 Å². The number of hydrogen-bond donors (Lipinski definition) is 1. The van der Waals surface area contributed by atoms with E-state index >= 15 is 0 Å². The Bertz CT molecular complexity index is 409. The maximum Gasteiger partial charge on any atom is 0.309 e. The maximum absolute atomic E-state index is 13.2. The van der Waals surface area contributed by atoms with E-state index in [1.807, 2.05) is 0 Å². The van der Waals surface area contributed by atoms with E-state index in [0.29, 0.717) is 12.0 Å². The highest BCUT2D eigenvalue weighted by molar-refractivity contribution is 9.10. The monoisotopic (exact) mass is 308 g/mol. The Balaban J connectivity index is 3.04. The van der Waals surface area contributed by atoms with Crippen molar-refractivity contribution < 1.29 is 14.3 Å². The number of carboxylic acids is 1. The van der Waals surface area contributed by atoms with Crippen molar-refractivity contribution in [2.75, 3.05) is 0 Å². The van der Waals surface area contributed by atoms with Gasteiger partial charge < -0.3 is 5.11 Å². The topological polar surface area (TPSA) is 37.3 Å². The molecule has 1 aromatic rings. The molecular weight excluding hydrogens is 298 g/mol. The van der Waals surface area contributed by atoms with Crippen LogP contribution in [0.3, 0.4) is 0 Å². The van der Waals surface area contributed by atoms with Gasteiger partial charge in [0.15, 0.2) is 5.82 Å². The van der Waals surface area contributed by atoms with Crippen molar-refractivity contribution in [3.63, 3.8) is 0 Å². The number of hydrogen-bond acceptors (Lipinski definition) is 1. The molecule has 16 heavy (non-hydrogen) atoms. The van der Waals surface area contributed by atoms with Crippen LogP contribution in [0.1, 0.15) is 19.4 Å². The molecule has 0 aliphatic rings. The van der Waals surface area contributed by atoms with Crippen LogP contribution in [0.5, 0.6) is 0 Å². The van der Waals surface area contributed by atoms with Gasteiger partial charge in [0.1, 0.15) is 0 Å². The van der Waals surface area contributed by atoms with Crippen LogP contribution < -0.4 is 0 Å². The lowest BCUT2D eigenvalue weighted by molar-refractivity contribution is -0.146. The average Bonchev–Trinajstić information content (AvgIpc) is 2.13. The van der Waals surface area contributed by atoms with E-state index in [0.717, 1.165) is 0 Å². The third-order valence-electron chi connectivity index (χ3n) is 2.27. The minimum atomic E-state index is -0.902. The molecule has 0 aliphatic carbocycles. The van der Waals surface area contributed by atoms with Crippen molar-refractivity contribution in [1.29, 1.82) is 0 Å². The molecule has 5 heteroatoms. The Hall–Kier alpha value is -0.610. The van der Waals surface area contributed by atoms with Gasteiger partial charge in [0, 0.05) is 0 Å². The number of halogens is 3. The van der Waals surface area contributed by atoms with Gasteiger partial charge >= 0.3 is 5.97 Å². The summed E-state index contributed by atoms with van der Waals surface area (Å²) in [5.41, 5.74) is -0.216. The summed E-state index contributed by atoms with van der Waals surface area (Å²) in [5.74, 6) is -1.43. The average molecular weight is 310 g/mol. The number of carboxylic acid groups (broad SMARTS) is 1. The van der Waals surface area contributed by atoms with Crippen LogP contribution in [0.2, 0.25) is 5.02 Å². The zero-order valence-corrected chi connectivity index (χ0v) is 11.2. The van der Waals surface area contributed by atoms with Crippen LogP contribution in [0.4, 0.5) is 4.39 Å². The second-order valence-corrected chi connectivity index (χ2v) is 5.50. The molecule has 1 N–H and O–H groups in total. The van der Waals surface area contributed by atoms with Gasteiger partial charge in [-0.3, -0.25) is 4.79 Å². The molecule has 2 nitrogen and oxygen atoms in total. The van der Waals surface area contributed by atoms with Crippen LogP contribution >= 0.6 is 27.5 Å². The molecule has 0 unspecified atom stereocenters. The molecule has 0 atom stereocenters. The normalized spacial score (nSPS) is 11.6. The molecule has 0 aromatic heterocycles. The molecule has 0 saturated heterocycles. The lowest BCUT2D eigenvalue weighted by Crippen LogP contribution is -2.26. The Morgan fingerprint density at radius 2 is 2.12 bits per heavy atom. The van der Waals surface area contributed by atoms with Crippen molar-refractivity contribution in [2.24, 2.45) is 5.41 Å². The summed E-state index contributed by atoms with van der Waals surface area (Å²) in [4.78, 5) is 10.9. The molecule has 0 aliphatic heterocycles. The Morgan fingerprint density at radius 1 is 1.56 bits per heavy atom. The van der Waals surface area contributed by atoms with E-state index in [9.17, 15) is 9.18 Å². The third kappa shape index (κ3) is 2.95. The zero-order valence-electron chi connectivity index (χ0n) is 8.85. The highest BCUT2D eigenvalue weighted by Crippen LogP contribution is 2.29. The fourth-order valence-corrected chi connectivity index (χ4v) is 2.16. The van der Waals surface area contributed by atoms with Crippen LogP contribution in [-0.4, -0.2) is 11.1 Å². The molecule has 0 spiro atoms. The summed E-state index contributed by atoms with van der Waals surface area (Å²) in [6.45, 7) is 3.22. The summed E-state index contributed by atoms with van der Waals surface area (Å²) in [7, 11) is 0. The SMILES string of the molecule is CC(C)(Cc1cc(Cl)c(F)c(Br)c1)C(=O)O. The van der Waals surface area contributed by atoms with E-state index in [2.05, 4.69) is 15.9 Å². The van der Waals surface area contributed by atoms with Gasteiger partial charge in [-0.15, -0.1) is 0 Å². The van der Waals surface area contributed by atoms with Gasteiger partial charge in [0.2, 0.25) is 0 Å². The minimum Gasteiger partial charge on any atom is -0.481 e. The molecule has 0 heterocycles. The lowest BCUT2D eigenvalue weighted by atomic mass is 9.86. The van der Waals surface area contributed by atoms with Crippen LogP contribution in [0.25, 0.3) is 0 Å². The second-order valence-electron chi connectivity index (χ2n) is 4.24. The van der Waals surface area contributed by atoms with Crippen molar-refractivity contribution in [1.82, 2.24) is 0 Å². The van der Waals surface area contributed by atoms with Crippen molar-refractivity contribution >= 4 is 33.5 Å². The molecular formula is C11H11BrClFO2. The third-order valence-corrected chi connectivity index (χ3v) is 3.12. The largest absolute Gasteiger partial charge is 0.481 e. The highest BCUT2D eigenvalue weighted by atomic mass is 79.9. The number of aliphatic carboxylic acids is 1. The van der Waals surface area contributed by atoms with Gasteiger partial charge in [0.05, 0.1) is 14.9 Å². The molecule has 0 bridgehead atoms. The van der Waals surface area contributed by atoms with Crippen molar-refractivity contribution in [2.45, 2.75) is 20.3 Å².